The summed E-state index contributed by atoms with van der Waals surface area (Å²) in [6, 6.07) is 6.07. The maximum absolute atomic E-state index is 9.45. The Labute approximate surface area is 103 Å². The molecule has 1 atom stereocenters. The van der Waals surface area contributed by atoms with Crippen molar-refractivity contribution in [3.8, 4) is 0 Å². The summed E-state index contributed by atoms with van der Waals surface area (Å²) >= 11 is 0. The molecule has 0 bridgehead atoms. The molecule has 0 spiro atoms. The number of hydrogen-bond donors (Lipinski definition) is 3. The number of aliphatic hydroxyl groups excluding tert-OH is 1. The highest BCUT2D eigenvalue weighted by Crippen LogP contribution is 2.21. The largest absolute Gasteiger partial charge is 0.372 e. The van der Waals surface area contributed by atoms with Gasteiger partial charge in [-0.3, -0.25) is 0 Å². The lowest BCUT2D eigenvalue weighted by molar-refractivity contribution is 0.0476. The topological polar surface area (TPSA) is 67.5 Å². The van der Waals surface area contributed by atoms with Crippen molar-refractivity contribution >= 4 is 5.69 Å². The Morgan fingerprint density at radius 1 is 1.47 bits per heavy atom. The molecule has 0 aromatic heterocycles. The van der Waals surface area contributed by atoms with Crippen LogP contribution in [0.25, 0.3) is 0 Å². The third-order valence-corrected chi connectivity index (χ3v) is 2.46. The van der Waals surface area contributed by atoms with Crippen LogP contribution in [0.4, 0.5) is 5.69 Å². The fourth-order valence-electron chi connectivity index (χ4n) is 1.73. The molecule has 1 aromatic rings. The third-order valence-electron chi connectivity index (χ3n) is 2.46. The highest BCUT2D eigenvalue weighted by atomic mass is 16.5. The van der Waals surface area contributed by atoms with E-state index in [4.69, 9.17) is 10.5 Å². The van der Waals surface area contributed by atoms with Crippen LogP contribution in [-0.2, 0) is 17.8 Å². The SMILES string of the molecule is CC.NCCc1ccc2c(c1)COCC(O)N2. The maximum Gasteiger partial charge on any atom is 0.148 e. The molecule has 0 amide bonds. The minimum absolute atomic E-state index is 0.320. The summed E-state index contributed by atoms with van der Waals surface area (Å²) in [4.78, 5) is 0. The van der Waals surface area contributed by atoms with E-state index in [1.165, 1.54) is 5.56 Å². The lowest BCUT2D eigenvalue weighted by Gasteiger charge is -2.11. The van der Waals surface area contributed by atoms with Crippen molar-refractivity contribution in [1.29, 1.82) is 0 Å². The molecule has 0 radical (unpaired) electrons. The van der Waals surface area contributed by atoms with Gasteiger partial charge in [-0.2, -0.15) is 0 Å². The summed E-state index contributed by atoms with van der Waals surface area (Å²) in [5.74, 6) is 0. The minimum atomic E-state index is -0.619. The standard InChI is InChI=1S/C11H16N2O2.C2H6/c12-4-3-8-1-2-10-9(5-8)6-15-7-11(14)13-10;1-2/h1-2,5,11,13-14H,3-4,6-7,12H2;1-2H3. The van der Waals surface area contributed by atoms with E-state index in [2.05, 4.69) is 11.4 Å². The van der Waals surface area contributed by atoms with E-state index in [1.807, 2.05) is 26.0 Å². The number of benzene rings is 1. The molecule has 1 aliphatic heterocycles. The Morgan fingerprint density at radius 3 is 2.94 bits per heavy atom. The lowest BCUT2D eigenvalue weighted by Crippen LogP contribution is -2.22. The van der Waals surface area contributed by atoms with E-state index in [1.54, 1.807) is 0 Å². The Balaban J connectivity index is 0.000000686. The van der Waals surface area contributed by atoms with E-state index in [9.17, 15) is 5.11 Å². The van der Waals surface area contributed by atoms with Gasteiger partial charge in [0.15, 0.2) is 0 Å². The number of rotatable bonds is 2. The Bertz CT molecular complexity index is 342. The van der Waals surface area contributed by atoms with E-state index in [-0.39, 0.29) is 0 Å². The van der Waals surface area contributed by atoms with Gasteiger partial charge in [-0.05, 0) is 24.6 Å². The first kappa shape index (κ1) is 14.0. The lowest BCUT2D eigenvalue weighted by atomic mass is 10.1. The van der Waals surface area contributed by atoms with Gasteiger partial charge in [0, 0.05) is 11.3 Å². The molecule has 4 nitrogen and oxygen atoms in total. The third kappa shape index (κ3) is 4.00. The van der Waals surface area contributed by atoms with Crippen LogP contribution in [0.1, 0.15) is 25.0 Å². The van der Waals surface area contributed by atoms with Crippen molar-refractivity contribution in [2.45, 2.75) is 33.1 Å². The van der Waals surface area contributed by atoms with E-state index >= 15 is 0 Å². The van der Waals surface area contributed by atoms with Crippen molar-refractivity contribution < 1.29 is 9.84 Å². The summed E-state index contributed by atoms with van der Waals surface area (Å²) in [5, 5.41) is 12.4. The summed E-state index contributed by atoms with van der Waals surface area (Å²) in [6.45, 7) is 5.51. The molecule has 0 saturated carbocycles. The average molecular weight is 238 g/mol. The summed E-state index contributed by atoms with van der Waals surface area (Å²) in [5.41, 5.74) is 8.74. The van der Waals surface area contributed by atoms with Crippen LogP contribution in [0.2, 0.25) is 0 Å². The second-order valence-electron chi connectivity index (χ2n) is 3.71. The second-order valence-corrected chi connectivity index (χ2v) is 3.71. The minimum Gasteiger partial charge on any atom is -0.372 e. The van der Waals surface area contributed by atoms with Crippen molar-refractivity contribution in [2.24, 2.45) is 5.73 Å². The zero-order valence-electron chi connectivity index (χ0n) is 10.6. The smallest absolute Gasteiger partial charge is 0.148 e. The van der Waals surface area contributed by atoms with Gasteiger partial charge in [-0.15, -0.1) is 0 Å². The molecule has 1 aromatic carbocycles. The van der Waals surface area contributed by atoms with Crippen LogP contribution in [0, 0.1) is 0 Å². The van der Waals surface area contributed by atoms with Crippen LogP contribution in [0.3, 0.4) is 0 Å². The summed E-state index contributed by atoms with van der Waals surface area (Å²) < 4.78 is 5.32. The number of anilines is 1. The number of nitrogens with two attached hydrogens (primary N) is 1. The number of ether oxygens (including phenoxy) is 1. The Kier molecular flexibility index (Phi) is 5.97. The molecule has 1 unspecified atom stereocenters. The van der Waals surface area contributed by atoms with Gasteiger partial charge in [-0.25, -0.2) is 0 Å². The monoisotopic (exact) mass is 238 g/mol. The van der Waals surface area contributed by atoms with Gasteiger partial charge < -0.3 is 20.9 Å². The molecular weight excluding hydrogens is 216 g/mol. The Morgan fingerprint density at radius 2 is 2.24 bits per heavy atom. The van der Waals surface area contributed by atoms with Gasteiger partial charge >= 0.3 is 0 Å². The number of nitrogens with one attached hydrogen (secondary N) is 1. The highest BCUT2D eigenvalue weighted by Gasteiger charge is 2.13. The predicted octanol–water partition coefficient (Wildman–Crippen LogP) is 1.47. The Hall–Kier alpha value is -1.10. The van der Waals surface area contributed by atoms with Crippen LogP contribution in [0.15, 0.2) is 18.2 Å². The van der Waals surface area contributed by atoms with E-state index in [0.29, 0.717) is 19.8 Å². The first-order valence-corrected chi connectivity index (χ1v) is 6.14. The molecule has 0 aliphatic carbocycles. The first-order chi connectivity index (χ1) is 8.29. The van der Waals surface area contributed by atoms with Crippen LogP contribution in [0.5, 0.6) is 0 Å². The molecule has 2 rings (SSSR count). The molecule has 4 N–H and O–H groups in total. The fraction of sp³-hybridized carbons (Fsp3) is 0.538. The van der Waals surface area contributed by atoms with Crippen LogP contribution < -0.4 is 11.1 Å². The zero-order chi connectivity index (χ0) is 12.7. The van der Waals surface area contributed by atoms with Crippen LogP contribution >= 0.6 is 0 Å². The van der Waals surface area contributed by atoms with Crippen molar-refractivity contribution in [3.05, 3.63) is 29.3 Å². The van der Waals surface area contributed by atoms with Gasteiger partial charge in [-0.1, -0.05) is 26.0 Å². The maximum atomic E-state index is 9.45. The molecule has 96 valence electrons. The molecule has 0 saturated heterocycles. The van der Waals surface area contributed by atoms with Crippen molar-refractivity contribution in [2.75, 3.05) is 18.5 Å². The molecule has 0 fully saturated rings. The normalized spacial score (nSPS) is 18.2. The van der Waals surface area contributed by atoms with Crippen molar-refractivity contribution in [1.82, 2.24) is 0 Å². The van der Waals surface area contributed by atoms with Gasteiger partial charge in [0.2, 0.25) is 0 Å². The summed E-state index contributed by atoms with van der Waals surface area (Å²) in [6.07, 6.45) is 0.252. The average Bonchev–Trinajstić information content (AvgIpc) is 2.53. The highest BCUT2D eigenvalue weighted by molar-refractivity contribution is 5.53. The fourth-order valence-corrected chi connectivity index (χ4v) is 1.73. The first-order valence-electron chi connectivity index (χ1n) is 6.14. The van der Waals surface area contributed by atoms with Crippen LogP contribution in [-0.4, -0.2) is 24.5 Å². The molecular formula is C13H22N2O2. The number of fused-ring (bicyclic) bond motifs is 1. The molecule has 1 aliphatic rings. The molecule has 17 heavy (non-hydrogen) atoms. The predicted molar refractivity (Wildman–Crippen MR) is 69.8 cm³/mol. The zero-order valence-corrected chi connectivity index (χ0v) is 10.6. The van der Waals surface area contributed by atoms with Gasteiger partial charge in [0.05, 0.1) is 13.2 Å². The number of aliphatic hydroxyl groups is 1. The quantitative estimate of drug-likeness (QED) is 0.730. The van der Waals surface area contributed by atoms with E-state index in [0.717, 1.165) is 17.7 Å². The van der Waals surface area contributed by atoms with Gasteiger partial charge in [0.25, 0.3) is 0 Å². The molecule has 4 heteroatoms. The van der Waals surface area contributed by atoms with Crippen molar-refractivity contribution in [3.63, 3.8) is 0 Å². The molecule has 1 heterocycles. The van der Waals surface area contributed by atoms with Gasteiger partial charge in [0.1, 0.15) is 6.23 Å². The summed E-state index contributed by atoms with van der Waals surface area (Å²) in [7, 11) is 0. The second kappa shape index (κ2) is 7.27. The van der Waals surface area contributed by atoms with E-state index < -0.39 is 6.23 Å². The number of hydrogen-bond acceptors (Lipinski definition) is 4.